The van der Waals surface area contributed by atoms with Crippen molar-refractivity contribution in [3.63, 3.8) is 0 Å². The minimum atomic E-state index is -5.29. The lowest BCUT2D eigenvalue weighted by molar-refractivity contribution is -0.254. The Balaban J connectivity index is 1.92. The molecule has 0 amide bonds. The zero-order valence-corrected chi connectivity index (χ0v) is 17.4. The summed E-state index contributed by atoms with van der Waals surface area (Å²) in [5, 5.41) is 14.4. The quantitative estimate of drug-likeness (QED) is 0.528. The first-order valence-electron chi connectivity index (χ1n) is 9.75. The van der Waals surface area contributed by atoms with Crippen molar-refractivity contribution < 1.29 is 36.2 Å². The maximum atomic E-state index is 14.0. The Hall–Kier alpha value is -3.67. The number of alkyl halides is 6. The molecule has 1 aliphatic rings. The van der Waals surface area contributed by atoms with E-state index < -0.39 is 36.1 Å². The van der Waals surface area contributed by atoms with Crippen molar-refractivity contribution in [2.75, 3.05) is 12.1 Å². The lowest BCUT2D eigenvalue weighted by Gasteiger charge is -2.32. The molecule has 6 nitrogen and oxygen atoms in total. The SMILES string of the molecule is COc1cccc(-c2cc(C(F)(F)F)nc(N3N=C(c4ccccc4)C[C@]3(O)C(F)(F)F)n2)c1. The number of nitrogens with zero attached hydrogens (tertiary/aromatic N) is 4. The normalized spacial score (nSPS) is 18.7. The smallest absolute Gasteiger partial charge is 0.438 e. The third kappa shape index (κ3) is 4.28. The monoisotopic (exact) mass is 482 g/mol. The van der Waals surface area contributed by atoms with Crippen LogP contribution >= 0.6 is 0 Å². The van der Waals surface area contributed by atoms with Crippen LogP contribution in [0.1, 0.15) is 17.7 Å². The molecule has 0 saturated heterocycles. The maximum absolute atomic E-state index is 14.0. The molecule has 1 N–H and O–H groups in total. The topological polar surface area (TPSA) is 70.8 Å². The molecule has 2 aromatic carbocycles. The second-order valence-corrected chi connectivity index (χ2v) is 7.38. The van der Waals surface area contributed by atoms with Crippen molar-refractivity contribution in [2.24, 2.45) is 5.10 Å². The molecule has 0 bridgehead atoms. The molecule has 0 spiro atoms. The average molecular weight is 482 g/mol. The van der Waals surface area contributed by atoms with Crippen molar-refractivity contribution in [1.29, 1.82) is 0 Å². The van der Waals surface area contributed by atoms with Crippen LogP contribution < -0.4 is 9.75 Å². The summed E-state index contributed by atoms with van der Waals surface area (Å²) < 4.78 is 87.8. The van der Waals surface area contributed by atoms with Crippen LogP contribution in [0, 0.1) is 0 Å². The number of hydrazone groups is 1. The summed E-state index contributed by atoms with van der Waals surface area (Å²) in [6, 6.07) is 14.1. The van der Waals surface area contributed by atoms with Crippen LogP contribution in [0.2, 0.25) is 0 Å². The van der Waals surface area contributed by atoms with Crippen molar-refractivity contribution >= 4 is 11.7 Å². The molecule has 1 aromatic heterocycles. The number of halogens is 6. The number of methoxy groups -OCH3 is 1. The Labute approximate surface area is 189 Å². The van der Waals surface area contributed by atoms with Gasteiger partial charge < -0.3 is 9.84 Å². The van der Waals surface area contributed by atoms with Crippen molar-refractivity contribution in [3.8, 4) is 17.0 Å². The Morgan fingerprint density at radius 3 is 2.21 bits per heavy atom. The third-order valence-corrected chi connectivity index (χ3v) is 5.11. The molecule has 0 unspecified atom stereocenters. The van der Waals surface area contributed by atoms with Gasteiger partial charge in [0.25, 0.3) is 5.72 Å². The van der Waals surface area contributed by atoms with E-state index in [-0.39, 0.29) is 27.5 Å². The Bertz CT molecular complexity index is 1230. The molecule has 3 aromatic rings. The maximum Gasteiger partial charge on any atom is 0.438 e. The van der Waals surface area contributed by atoms with Crippen LogP contribution in [0.4, 0.5) is 32.3 Å². The molecule has 0 aliphatic carbocycles. The molecular weight excluding hydrogens is 466 g/mol. The Kier molecular flexibility index (Phi) is 5.72. The second kappa shape index (κ2) is 8.28. The van der Waals surface area contributed by atoms with Gasteiger partial charge in [-0.15, -0.1) is 0 Å². The van der Waals surface area contributed by atoms with Crippen LogP contribution in [0.15, 0.2) is 65.8 Å². The molecular formula is C22H16F6N4O2. The van der Waals surface area contributed by atoms with Crippen LogP contribution in [-0.2, 0) is 6.18 Å². The van der Waals surface area contributed by atoms with Crippen molar-refractivity contribution in [2.45, 2.75) is 24.5 Å². The molecule has 34 heavy (non-hydrogen) atoms. The highest BCUT2D eigenvalue weighted by atomic mass is 19.4. The lowest BCUT2D eigenvalue weighted by atomic mass is 10.0. The fourth-order valence-corrected chi connectivity index (χ4v) is 3.37. The minimum Gasteiger partial charge on any atom is -0.497 e. The highest BCUT2D eigenvalue weighted by molar-refractivity contribution is 6.03. The number of rotatable bonds is 4. The average Bonchev–Trinajstić information content (AvgIpc) is 3.18. The van der Waals surface area contributed by atoms with E-state index in [0.29, 0.717) is 11.8 Å². The van der Waals surface area contributed by atoms with E-state index in [1.54, 1.807) is 18.2 Å². The van der Waals surface area contributed by atoms with E-state index in [4.69, 9.17) is 4.74 Å². The van der Waals surface area contributed by atoms with Crippen LogP contribution in [0.25, 0.3) is 11.3 Å². The van der Waals surface area contributed by atoms with Gasteiger partial charge in [0.15, 0.2) is 5.69 Å². The summed E-state index contributed by atoms with van der Waals surface area (Å²) in [5.74, 6) is -0.762. The van der Waals surface area contributed by atoms with E-state index in [1.165, 1.54) is 43.5 Å². The van der Waals surface area contributed by atoms with Gasteiger partial charge in [-0.25, -0.2) is 9.97 Å². The highest BCUT2D eigenvalue weighted by Gasteiger charge is 2.63. The summed E-state index contributed by atoms with van der Waals surface area (Å²) >= 11 is 0. The summed E-state index contributed by atoms with van der Waals surface area (Å²) in [4.78, 5) is 7.19. The van der Waals surface area contributed by atoms with E-state index in [9.17, 15) is 31.4 Å². The first kappa shape index (κ1) is 23.5. The molecule has 0 fully saturated rings. The Morgan fingerprint density at radius 2 is 1.59 bits per heavy atom. The van der Waals surface area contributed by atoms with Gasteiger partial charge in [0, 0.05) is 5.56 Å². The molecule has 12 heteroatoms. The minimum absolute atomic E-state index is 0.00571. The first-order chi connectivity index (χ1) is 15.9. The van der Waals surface area contributed by atoms with Gasteiger partial charge in [-0.3, -0.25) is 0 Å². The van der Waals surface area contributed by atoms with E-state index in [2.05, 4.69) is 15.1 Å². The third-order valence-electron chi connectivity index (χ3n) is 5.11. The summed E-state index contributed by atoms with van der Waals surface area (Å²) in [6.07, 6.45) is -11.3. The van der Waals surface area contributed by atoms with Gasteiger partial charge in [-0.1, -0.05) is 42.5 Å². The predicted octanol–water partition coefficient (Wildman–Crippen LogP) is 5.04. The van der Waals surface area contributed by atoms with E-state index in [1.807, 2.05) is 0 Å². The molecule has 178 valence electrons. The van der Waals surface area contributed by atoms with Gasteiger partial charge in [0.1, 0.15) is 5.75 Å². The number of aliphatic hydroxyl groups is 1. The van der Waals surface area contributed by atoms with Gasteiger partial charge in [-0.05, 0) is 23.8 Å². The van der Waals surface area contributed by atoms with Gasteiger partial charge in [0.2, 0.25) is 5.95 Å². The highest BCUT2D eigenvalue weighted by Crippen LogP contribution is 2.44. The summed E-state index contributed by atoms with van der Waals surface area (Å²) in [6.45, 7) is 0. The number of ether oxygens (including phenoxy) is 1. The zero-order valence-electron chi connectivity index (χ0n) is 17.4. The van der Waals surface area contributed by atoms with Gasteiger partial charge in [-0.2, -0.15) is 36.5 Å². The number of hydrogen-bond acceptors (Lipinski definition) is 6. The molecule has 1 atom stereocenters. The molecule has 2 heterocycles. The van der Waals surface area contributed by atoms with Crippen molar-refractivity contribution in [1.82, 2.24) is 9.97 Å². The number of anilines is 1. The standard InChI is InChI=1S/C22H16F6N4O2/c1-34-15-9-5-8-14(10-15)16-11-18(21(23,24)25)30-19(29-16)32-20(33,22(26,27)28)12-17(31-32)13-6-3-2-4-7-13/h2-11,33H,12H2,1H3/t20-/m0/s1. The van der Waals surface area contributed by atoms with E-state index >= 15 is 0 Å². The lowest BCUT2D eigenvalue weighted by Crippen LogP contribution is -2.55. The van der Waals surface area contributed by atoms with Gasteiger partial charge in [0.05, 0.1) is 24.9 Å². The molecule has 0 saturated carbocycles. The number of aromatic nitrogens is 2. The first-order valence-corrected chi connectivity index (χ1v) is 9.75. The molecule has 4 rings (SSSR count). The molecule has 0 radical (unpaired) electrons. The fraction of sp³-hybridized carbons (Fsp3) is 0.227. The van der Waals surface area contributed by atoms with Crippen LogP contribution in [0.5, 0.6) is 5.75 Å². The molecule has 1 aliphatic heterocycles. The fourth-order valence-electron chi connectivity index (χ4n) is 3.37. The summed E-state index contributed by atoms with van der Waals surface area (Å²) in [7, 11) is 1.35. The largest absolute Gasteiger partial charge is 0.497 e. The zero-order chi connectivity index (χ0) is 24.7. The Morgan fingerprint density at radius 1 is 0.912 bits per heavy atom. The van der Waals surface area contributed by atoms with Crippen molar-refractivity contribution in [3.05, 3.63) is 71.9 Å². The van der Waals surface area contributed by atoms with Crippen LogP contribution in [-0.4, -0.2) is 39.8 Å². The number of hydrogen-bond donors (Lipinski definition) is 1. The van der Waals surface area contributed by atoms with E-state index in [0.717, 1.165) is 0 Å². The predicted molar refractivity (Wildman–Crippen MR) is 110 cm³/mol. The van der Waals surface area contributed by atoms with Gasteiger partial charge >= 0.3 is 12.4 Å². The van der Waals surface area contributed by atoms with Crippen LogP contribution in [0.3, 0.4) is 0 Å². The number of benzene rings is 2. The summed E-state index contributed by atoms with van der Waals surface area (Å²) in [5.41, 5.74) is -5.28. The second-order valence-electron chi connectivity index (χ2n) is 7.38.